The van der Waals surface area contributed by atoms with E-state index in [0.717, 1.165) is 6.54 Å². The highest BCUT2D eigenvalue weighted by Gasteiger charge is 2.14. The van der Waals surface area contributed by atoms with Crippen LogP contribution in [0.4, 0.5) is 0 Å². The van der Waals surface area contributed by atoms with Crippen molar-refractivity contribution in [3.05, 3.63) is 22.4 Å². The van der Waals surface area contributed by atoms with Crippen LogP contribution in [-0.4, -0.2) is 6.54 Å². The van der Waals surface area contributed by atoms with Gasteiger partial charge in [-0.05, 0) is 36.9 Å². The molecule has 21 heavy (non-hydrogen) atoms. The lowest BCUT2D eigenvalue weighted by Gasteiger charge is -2.17. The van der Waals surface area contributed by atoms with E-state index in [1.807, 2.05) is 22.7 Å². The summed E-state index contributed by atoms with van der Waals surface area (Å²) in [6, 6.07) is 5.24. The summed E-state index contributed by atoms with van der Waals surface area (Å²) in [6.07, 6.45) is 10.8. The molecule has 0 saturated heterocycles. The zero-order valence-corrected chi connectivity index (χ0v) is 15.1. The van der Waals surface area contributed by atoms with E-state index in [9.17, 15) is 0 Å². The summed E-state index contributed by atoms with van der Waals surface area (Å²) in [5.74, 6) is 0. The molecular weight excluding hydrogens is 294 g/mol. The molecule has 0 amide bonds. The first-order chi connectivity index (χ1) is 10.3. The van der Waals surface area contributed by atoms with Crippen molar-refractivity contribution in [3.8, 4) is 0 Å². The van der Waals surface area contributed by atoms with Crippen LogP contribution in [-0.2, 0) is 0 Å². The third-order valence-electron chi connectivity index (χ3n) is 3.99. The molecule has 118 valence electrons. The third-order valence-corrected chi connectivity index (χ3v) is 6.20. The van der Waals surface area contributed by atoms with Crippen molar-refractivity contribution in [2.45, 2.75) is 71.3 Å². The minimum Gasteiger partial charge on any atom is -0.309 e. The number of fused-ring (bicyclic) bond motifs is 1. The molecule has 0 aromatic carbocycles. The number of nitrogens with one attached hydrogen (secondary N) is 1. The number of hydrogen-bond acceptors (Lipinski definition) is 3. The van der Waals surface area contributed by atoms with Crippen molar-refractivity contribution in [1.82, 2.24) is 5.32 Å². The fourth-order valence-corrected chi connectivity index (χ4v) is 4.98. The highest BCUT2D eigenvalue weighted by molar-refractivity contribution is 7.26. The second-order valence-electron chi connectivity index (χ2n) is 5.86. The Bertz CT molecular complexity index is 472. The van der Waals surface area contributed by atoms with Crippen LogP contribution in [0.1, 0.15) is 76.1 Å². The second kappa shape index (κ2) is 9.60. The molecule has 2 aromatic rings. The van der Waals surface area contributed by atoms with Gasteiger partial charge in [0, 0.05) is 20.3 Å². The summed E-state index contributed by atoms with van der Waals surface area (Å²) in [7, 11) is 0. The molecule has 1 atom stereocenters. The Morgan fingerprint density at radius 2 is 1.81 bits per heavy atom. The van der Waals surface area contributed by atoms with Gasteiger partial charge >= 0.3 is 0 Å². The minimum atomic E-state index is 0.570. The number of thiophene rings is 2. The van der Waals surface area contributed by atoms with Crippen LogP contribution >= 0.6 is 22.7 Å². The third kappa shape index (κ3) is 5.39. The van der Waals surface area contributed by atoms with Crippen molar-refractivity contribution in [2.75, 3.05) is 6.54 Å². The van der Waals surface area contributed by atoms with Crippen LogP contribution in [0.5, 0.6) is 0 Å². The van der Waals surface area contributed by atoms with E-state index in [1.165, 1.54) is 60.8 Å². The number of rotatable bonds is 11. The van der Waals surface area contributed by atoms with E-state index in [-0.39, 0.29) is 0 Å². The van der Waals surface area contributed by atoms with Crippen LogP contribution in [0.25, 0.3) is 9.40 Å². The molecule has 0 spiro atoms. The summed E-state index contributed by atoms with van der Waals surface area (Å²) >= 11 is 3.85. The van der Waals surface area contributed by atoms with Crippen LogP contribution in [0, 0.1) is 0 Å². The van der Waals surface area contributed by atoms with Gasteiger partial charge < -0.3 is 5.32 Å². The van der Waals surface area contributed by atoms with Crippen LogP contribution in [0.3, 0.4) is 0 Å². The van der Waals surface area contributed by atoms with Crippen molar-refractivity contribution in [2.24, 2.45) is 0 Å². The summed E-state index contributed by atoms with van der Waals surface area (Å²) in [6.45, 7) is 5.67. The van der Waals surface area contributed by atoms with Crippen molar-refractivity contribution in [3.63, 3.8) is 0 Å². The Morgan fingerprint density at radius 3 is 2.57 bits per heavy atom. The molecule has 0 aliphatic carbocycles. The van der Waals surface area contributed by atoms with Crippen molar-refractivity contribution >= 4 is 32.1 Å². The fraction of sp³-hybridized carbons (Fsp3) is 0.667. The molecule has 0 fully saturated rings. The molecule has 0 aliphatic rings. The fourth-order valence-electron chi connectivity index (χ4n) is 2.75. The largest absolute Gasteiger partial charge is 0.309 e. The van der Waals surface area contributed by atoms with Gasteiger partial charge in [0.2, 0.25) is 0 Å². The van der Waals surface area contributed by atoms with E-state index >= 15 is 0 Å². The van der Waals surface area contributed by atoms with E-state index in [2.05, 4.69) is 36.7 Å². The maximum absolute atomic E-state index is 3.75. The standard InChI is InChI=1S/C18H29NS2/c1-3-5-6-7-8-9-10-15(19-12-4-2)17-14-18-16(21-17)11-13-20-18/h11,13-15,19H,3-10,12H2,1-2H3. The van der Waals surface area contributed by atoms with E-state index in [1.54, 1.807) is 4.88 Å². The molecule has 1 N–H and O–H groups in total. The Labute approximate surface area is 137 Å². The summed E-state index contributed by atoms with van der Waals surface area (Å²) in [5.41, 5.74) is 0. The van der Waals surface area contributed by atoms with E-state index in [0.29, 0.717) is 6.04 Å². The maximum atomic E-state index is 3.75. The summed E-state index contributed by atoms with van der Waals surface area (Å²) < 4.78 is 2.92. The lowest BCUT2D eigenvalue weighted by Crippen LogP contribution is -2.21. The zero-order chi connectivity index (χ0) is 14.9. The predicted molar refractivity (Wildman–Crippen MR) is 98.7 cm³/mol. The maximum Gasteiger partial charge on any atom is 0.0454 e. The second-order valence-corrected chi connectivity index (χ2v) is 7.92. The number of unbranched alkanes of at least 4 members (excludes halogenated alkanes) is 5. The van der Waals surface area contributed by atoms with Gasteiger partial charge in [0.1, 0.15) is 0 Å². The predicted octanol–water partition coefficient (Wildman–Crippen LogP) is 6.75. The van der Waals surface area contributed by atoms with Gasteiger partial charge in [-0.2, -0.15) is 0 Å². The molecule has 0 bridgehead atoms. The van der Waals surface area contributed by atoms with Gasteiger partial charge in [0.25, 0.3) is 0 Å². The van der Waals surface area contributed by atoms with Gasteiger partial charge in [-0.1, -0.05) is 52.4 Å². The van der Waals surface area contributed by atoms with Gasteiger partial charge in [-0.3, -0.25) is 0 Å². The molecule has 1 unspecified atom stereocenters. The molecule has 2 heterocycles. The monoisotopic (exact) mass is 323 g/mol. The van der Waals surface area contributed by atoms with Gasteiger partial charge in [-0.15, -0.1) is 22.7 Å². The molecule has 2 aromatic heterocycles. The van der Waals surface area contributed by atoms with Crippen LogP contribution < -0.4 is 5.32 Å². The average molecular weight is 324 g/mol. The minimum absolute atomic E-state index is 0.570. The Kier molecular flexibility index (Phi) is 7.76. The van der Waals surface area contributed by atoms with E-state index < -0.39 is 0 Å². The quantitative estimate of drug-likeness (QED) is 0.451. The molecular formula is C18H29NS2. The zero-order valence-electron chi connectivity index (χ0n) is 13.5. The molecule has 1 nitrogen and oxygen atoms in total. The van der Waals surface area contributed by atoms with Gasteiger partial charge in [-0.25, -0.2) is 0 Å². The topological polar surface area (TPSA) is 12.0 Å². The highest BCUT2D eigenvalue weighted by atomic mass is 32.1. The van der Waals surface area contributed by atoms with Crippen LogP contribution in [0.2, 0.25) is 0 Å². The smallest absolute Gasteiger partial charge is 0.0454 e. The number of hydrogen-bond donors (Lipinski definition) is 1. The normalized spacial score (nSPS) is 13.0. The lowest BCUT2D eigenvalue weighted by molar-refractivity contribution is 0.472. The Morgan fingerprint density at radius 1 is 1.00 bits per heavy atom. The van der Waals surface area contributed by atoms with Crippen LogP contribution in [0.15, 0.2) is 17.5 Å². The average Bonchev–Trinajstić information content (AvgIpc) is 3.07. The summed E-state index contributed by atoms with van der Waals surface area (Å²) in [4.78, 5) is 1.54. The first-order valence-electron chi connectivity index (χ1n) is 8.55. The lowest BCUT2D eigenvalue weighted by atomic mass is 10.0. The molecule has 0 radical (unpaired) electrons. The summed E-state index contributed by atoms with van der Waals surface area (Å²) in [5, 5.41) is 5.96. The van der Waals surface area contributed by atoms with Crippen molar-refractivity contribution < 1.29 is 0 Å². The highest BCUT2D eigenvalue weighted by Crippen LogP contribution is 2.35. The molecule has 2 rings (SSSR count). The molecule has 0 saturated carbocycles. The SMILES string of the molecule is CCCCCCCCC(NCCC)c1cc2sccc2s1. The first kappa shape index (κ1) is 17.0. The Hall–Kier alpha value is -0.380. The van der Waals surface area contributed by atoms with E-state index in [4.69, 9.17) is 0 Å². The molecule has 3 heteroatoms. The first-order valence-corrected chi connectivity index (χ1v) is 10.2. The Balaban J connectivity index is 1.84. The van der Waals surface area contributed by atoms with Gasteiger partial charge in [0.15, 0.2) is 0 Å². The molecule has 0 aliphatic heterocycles. The van der Waals surface area contributed by atoms with Crippen molar-refractivity contribution in [1.29, 1.82) is 0 Å². The van der Waals surface area contributed by atoms with Gasteiger partial charge in [0.05, 0.1) is 0 Å².